The SMILES string of the molecule is CCCCCCCCCCCCCCCCCCCCCCCCC(=O)O[C@H](COC(=O)CCCCCCCCCCCCCCCCCCCCC(C)C)COP(=O)(O)OC[C@@H](O)COP(=O)(O)OC[C@@H](COC(=O)CCCCCCCCCC(C)C)OC(=O)CCCCCCCCCCCCCCCCCCC(C)C. The number of carbonyl (C=O) groups is 4. The molecule has 666 valence electrons. The van der Waals surface area contributed by atoms with Gasteiger partial charge in [0.05, 0.1) is 26.4 Å². The summed E-state index contributed by atoms with van der Waals surface area (Å²) in [5.41, 5.74) is 0. The number of phosphoric acid groups is 2. The van der Waals surface area contributed by atoms with E-state index in [1.807, 2.05) is 0 Å². The molecule has 5 atom stereocenters. The molecule has 0 aromatic carbocycles. The number of aliphatic hydroxyl groups excluding tert-OH is 1. The second kappa shape index (κ2) is 82.7. The minimum Gasteiger partial charge on any atom is -0.462 e. The number of carbonyl (C=O) groups excluding carboxylic acids is 4. The lowest BCUT2D eigenvalue weighted by Crippen LogP contribution is -2.30. The van der Waals surface area contributed by atoms with Crippen molar-refractivity contribution in [2.24, 2.45) is 17.8 Å². The number of hydrogen-bond acceptors (Lipinski definition) is 15. The van der Waals surface area contributed by atoms with Gasteiger partial charge < -0.3 is 33.8 Å². The van der Waals surface area contributed by atoms with Crippen molar-refractivity contribution in [2.45, 2.75) is 516 Å². The summed E-state index contributed by atoms with van der Waals surface area (Å²) in [5.74, 6) is 0.239. The summed E-state index contributed by atoms with van der Waals surface area (Å²) in [7, 11) is -9.94. The molecule has 3 N–H and O–H groups in total. The summed E-state index contributed by atoms with van der Waals surface area (Å²) in [6.07, 6.45) is 76.7. The monoisotopic (exact) mass is 1630 g/mol. The molecule has 19 heteroatoms. The minimum absolute atomic E-state index is 0.107. The van der Waals surface area contributed by atoms with Crippen LogP contribution in [-0.4, -0.2) is 96.7 Å². The minimum atomic E-state index is -4.97. The highest BCUT2D eigenvalue weighted by atomic mass is 31.2. The lowest BCUT2D eigenvalue weighted by molar-refractivity contribution is -0.161. The molecule has 0 aromatic rings. The molecule has 0 aliphatic rings. The predicted octanol–water partition coefficient (Wildman–Crippen LogP) is 28.8. The Balaban J connectivity index is 5.21. The summed E-state index contributed by atoms with van der Waals surface area (Å²) < 4.78 is 69.1. The summed E-state index contributed by atoms with van der Waals surface area (Å²) in [6, 6.07) is 0. The molecule has 2 unspecified atom stereocenters. The van der Waals surface area contributed by atoms with E-state index in [4.69, 9.17) is 37.0 Å². The Hall–Kier alpha value is -1.94. The highest BCUT2D eigenvalue weighted by molar-refractivity contribution is 7.47. The molecule has 112 heavy (non-hydrogen) atoms. The number of aliphatic hydroxyl groups is 1. The van der Waals surface area contributed by atoms with Crippen molar-refractivity contribution in [3.05, 3.63) is 0 Å². The number of ether oxygens (including phenoxy) is 4. The molecule has 0 saturated carbocycles. The van der Waals surface area contributed by atoms with Crippen LogP contribution in [0.15, 0.2) is 0 Å². The third-order valence-electron chi connectivity index (χ3n) is 21.9. The molecule has 0 rings (SSSR count). The third-order valence-corrected chi connectivity index (χ3v) is 23.8. The fourth-order valence-corrected chi connectivity index (χ4v) is 16.2. The molecule has 17 nitrogen and oxygen atoms in total. The highest BCUT2D eigenvalue weighted by Gasteiger charge is 2.31. The van der Waals surface area contributed by atoms with Gasteiger partial charge in [0.1, 0.15) is 19.3 Å². The van der Waals surface area contributed by atoms with Crippen LogP contribution in [0, 0.1) is 17.8 Å². The number of esters is 4. The molecule has 0 amide bonds. The molecule has 0 saturated heterocycles. The van der Waals surface area contributed by atoms with Crippen LogP contribution in [-0.2, 0) is 65.4 Å². The normalized spacial score (nSPS) is 13.8. The van der Waals surface area contributed by atoms with Gasteiger partial charge in [-0.05, 0) is 43.4 Å². The average molecular weight is 1630 g/mol. The Labute approximate surface area is 689 Å². The van der Waals surface area contributed by atoms with Crippen molar-refractivity contribution < 1.29 is 80.2 Å². The molecule has 0 aliphatic carbocycles. The van der Waals surface area contributed by atoms with E-state index in [9.17, 15) is 43.2 Å². The highest BCUT2D eigenvalue weighted by Crippen LogP contribution is 2.45. The Bertz CT molecular complexity index is 2150. The Kier molecular flexibility index (Phi) is 81.3. The van der Waals surface area contributed by atoms with Crippen molar-refractivity contribution in [1.29, 1.82) is 0 Å². The maximum absolute atomic E-state index is 13.2. The molecule has 0 aliphatic heterocycles. The predicted molar refractivity (Wildman–Crippen MR) is 465 cm³/mol. The van der Waals surface area contributed by atoms with Crippen molar-refractivity contribution in [2.75, 3.05) is 39.6 Å². The van der Waals surface area contributed by atoms with Crippen LogP contribution in [0.3, 0.4) is 0 Å². The van der Waals surface area contributed by atoms with E-state index >= 15 is 0 Å². The van der Waals surface area contributed by atoms with Crippen LogP contribution in [0.1, 0.15) is 498 Å². The van der Waals surface area contributed by atoms with Gasteiger partial charge in [0.15, 0.2) is 12.2 Å². The van der Waals surface area contributed by atoms with Crippen molar-refractivity contribution in [1.82, 2.24) is 0 Å². The molecule has 0 spiro atoms. The van der Waals surface area contributed by atoms with E-state index in [-0.39, 0.29) is 25.7 Å². The van der Waals surface area contributed by atoms with Crippen molar-refractivity contribution in [3.63, 3.8) is 0 Å². The van der Waals surface area contributed by atoms with Crippen molar-refractivity contribution in [3.8, 4) is 0 Å². The summed E-state index contributed by atoms with van der Waals surface area (Å²) >= 11 is 0. The number of rotatable bonds is 91. The maximum atomic E-state index is 13.2. The fraction of sp³-hybridized carbons (Fsp3) is 0.957. The topological polar surface area (TPSA) is 237 Å². The van der Waals surface area contributed by atoms with Gasteiger partial charge in [0.25, 0.3) is 0 Å². The molecular formula is C93H182O17P2. The summed E-state index contributed by atoms with van der Waals surface area (Å²) in [4.78, 5) is 73.4. The Morgan fingerprint density at radius 1 is 0.241 bits per heavy atom. The van der Waals surface area contributed by atoms with Crippen LogP contribution in [0.2, 0.25) is 0 Å². The Morgan fingerprint density at radius 3 is 0.607 bits per heavy atom. The van der Waals surface area contributed by atoms with Gasteiger partial charge in [-0.15, -0.1) is 0 Å². The van der Waals surface area contributed by atoms with E-state index in [0.717, 1.165) is 108 Å². The van der Waals surface area contributed by atoms with E-state index in [2.05, 4.69) is 48.5 Å². The number of hydrogen-bond donors (Lipinski definition) is 3. The van der Waals surface area contributed by atoms with E-state index in [0.29, 0.717) is 31.6 Å². The molecule has 0 heterocycles. The van der Waals surface area contributed by atoms with Gasteiger partial charge >= 0.3 is 39.5 Å². The summed E-state index contributed by atoms with van der Waals surface area (Å²) in [6.45, 7) is 12.0. The second-order valence-electron chi connectivity index (χ2n) is 34.8. The lowest BCUT2D eigenvalue weighted by Gasteiger charge is -2.21. The van der Waals surface area contributed by atoms with E-state index in [1.54, 1.807) is 0 Å². The first-order valence-electron chi connectivity index (χ1n) is 47.8. The van der Waals surface area contributed by atoms with Crippen LogP contribution in [0.4, 0.5) is 0 Å². The zero-order valence-electron chi connectivity index (χ0n) is 74.2. The quantitative estimate of drug-likeness (QED) is 0.0222. The first kappa shape index (κ1) is 110. The zero-order valence-corrected chi connectivity index (χ0v) is 75.9. The lowest BCUT2D eigenvalue weighted by atomic mass is 10.0. The average Bonchev–Trinajstić information content (AvgIpc) is 0.899. The van der Waals surface area contributed by atoms with Crippen LogP contribution < -0.4 is 0 Å². The largest absolute Gasteiger partial charge is 0.472 e. The van der Waals surface area contributed by atoms with Crippen LogP contribution >= 0.6 is 15.6 Å². The van der Waals surface area contributed by atoms with Gasteiger partial charge in [0, 0.05) is 25.7 Å². The number of unbranched alkanes of at least 4 members (excludes halogenated alkanes) is 59. The van der Waals surface area contributed by atoms with Gasteiger partial charge in [-0.3, -0.25) is 37.3 Å². The smallest absolute Gasteiger partial charge is 0.462 e. The fourth-order valence-electron chi connectivity index (χ4n) is 14.6. The molecule has 0 radical (unpaired) electrons. The van der Waals surface area contributed by atoms with E-state index in [1.165, 1.54) is 302 Å². The van der Waals surface area contributed by atoms with Gasteiger partial charge in [-0.25, -0.2) is 9.13 Å². The van der Waals surface area contributed by atoms with Gasteiger partial charge in [-0.2, -0.15) is 0 Å². The van der Waals surface area contributed by atoms with Gasteiger partial charge in [0.2, 0.25) is 0 Å². The molecule has 0 aromatic heterocycles. The maximum Gasteiger partial charge on any atom is 0.472 e. The molecule has 0 bridgehead atoms. The zero-order chi connectivity index (χ0) is 82.2. The standard InChI is InChI=1S/C93H182O17P2/c1-8-9-10-11-12-13-14-15-16-17-18-19-20-21-26-32-37-42-47-54-62-69-76-92(97)109-88(80-103-90(95)74-67-60-53-46-41-36-31-25-23-22-24-29-34-39-44-50-57-64-71-84(2)3)82-107-111(99,100)105-78-87(94)79-106-112(101,102)108-83-89(81-104-91(96)75-68-61-56-49-52-59-66-73-86(6)7)110-93(98)77-70-63-55-48-43-38-33-28-27-30-35-40-45-51-58-65-72-85(4)5/h84-89,94H,8-83H2,1-7H3,(H,99,100)(H,101,102)/t87-,88-,89-/m1/s1. The molecule has 0 fully saturated rings. The first-order chi connectivity index (χ1) is 54.2. The third kappa shape index (κ3) is 85.9. The molecular weight excluding hydrogens is 1450 g/mol. The summed E-state index contributed by atoms with van der Waals surface area (Å²) in [5, 5.41) is 10.7. The van der Waals surface area contributed by atoms with Crippen molar-refractivity contribution >= 4 is 39.5 Å². The number of phosphoric ester groups is 2. The first-order valence-corrected chi connectivity index (χ1v) is 50.8. The van der Waals surface area contributed by atoms with Crippen LogP contribution in [0.5, 0.6) is 0 Å². The Morgan fingerprint density at radius 2 is 0.411 bits per heavy atom. The van der Waals surface area contributed by atoms with E-state index < -0.39 is 97.5 Å². The van der Waals surface area contributed by atoms with Crippen LogP contribution in [0.25, 0.3) is 0 Å². The van der Waals surface area contributed by atoms with Gasteiger partial charge in [-0.1, -0.05) is 447 Å². The second-order valence-corrected chi connectivity index (χ2v) is 37.7.